The first-order valence-corrected chi connectivity index (χ1v) is 11.2. The Labute approximate surface area is 198 Å². The summed E-state index contributed by atoms with van der Waals surface area (Å²) in [5.41, 5.74) is -4.24. The van der Waals surface area contributed by atoms with Crippen LogP contribution in [-0.4, -0.2) is 47.6 Å². The van der Waals surface area contributed by atoms with Crippen molar-refractivity contribution in [2.24, 2.45) is 5.41 Å². The van der Waals surface area contributed by atoms with Crippen LogP contribution in [0.2, 0.25) is 5.02 Å². The van der Waals surface area contributed by atoms with E-state index in [2.05, 4.69) is 5.32 Å². The van der Waals surface area contributed by atoms with E-state index in [-0.39, 0.29) is 31.3 Å². The highest BCUT2D eigenvalue weighted by Gasteiger charge is 2.62. The maximum atomic E-state index is 14.0. The summed E-state index contributed by atoms with van der Waals surface area (Å²) < 4.78 is 55.6. The van der Waals surface area contributed by atoms with Gasteiger partial charge in [-0.25, -0.2) is 4.39 Å². The van der Waals surface area contributed by atoms with E-state index in [9.17, 15) is 32.3 Å². The lowest BCUT2D eigenvalue weighted by molar-refractivity contribution is -0.262. The van der Waals surface area contributed by atoms with Gasteiger partial charge in [0.15, 0.2) is 0 Å². The predicted octanol–water partition coefficient (Wildman–Crippen LogP) is 4.14. The summed E-state index contributed by atoms with van der Waals surface area (Å²) >= 11 is 5.63. The molecule has 2 aromatic rings. The highest BCUT2D eigenvalue weighted by molar-refractivity contribution is 6.30. The first-order valence-electron chi connectivity index (χ1n) is 10.8. The van der Waals surface area contributed by atoms with Gasteiger partial charge in [0.2, 0.25) is 5.91 Å². The Morgan fingerprint density at radius 1 is 1.12 bits per heavy atom. The number of likely N-dealkylation sites (tertiary alicyclic amines) is 1. The lowest BCUT2D eigenvalue weighted by Gasteiger charge is -2.50. The zero-order valence-corrected chi connectivity index (χ0v) is 18.8. The molecule has 2 atom stereocenters. The molecule has 1 spiro atoms. The number of rotatable bonds is 3. The molecule has 34 heavy (non-hydrogen) atoms. The Morgan fingerprint density at radius 3 is 2.35 bits per heavy atom. The molecule has 2 N–H and O–H groups in total. The molecule has 2 saturated heterocycles. The average Bonchev–Trinajstić information content (AvgIpc) is 2.80. The van der Waals surface area contributed by atoms with Gasteiger partial charge in [0, 0.05) is 37.5 Å². The summed E-state index contributed by atoms with van der Waals surface area (Å²) in [6.45, 7) is 0.267. The molecule has 2 aliphatic heterocycles. The van der Waals surface area contributed by atoms with E-state index in [4.69, 9.17) is 11.6 Å². The molecule has 0 unspecified atom stereocenters. The molecule has 5 nitrogen and oxygen atoms in total. The van der Waals surface area contributed by atoms with Crippen LogP contribution in [0, 0.1) is 11.2 Å². The monoisotopic (exact) mass is 498 g/mol. The van der Waals surface area contributed by atoms with Crippen molar-refractivity contribution in [2.45, 2.75) is 37.0 Å². The molecule has 0 aromatic heterocycles. The Morgan fingerprint density at radius 2 is 1.76 bits per heavy atom. The van der Waals surface area contributed by atoms with Gasteiger partial charge in [0.25, 0.3) is 11.5 Å². The van der Waals surface area contributed by atoms with Gasteiger partial charge in [-0.05, 0) is 36.0 Å². The largest absolute Gasteiger partial charge is 0.430 e. The van der Waals surface area contributed by atoms with Crippen LogP contribution in [0.1, 0.15) is 36.3 Å². The van der Waals surface area contributed by atoms with Crippen molar-refractivity contribution in [3.63, 3.8) is 0 Å². The van der Waals surface area contributed by atoms with E-state index in [1.165, 1.54) is 0 Å². The van der Waals surface area contributed by atoms with Crippen molar-refractivity contribution >= 4 is 23.4 Å². The zero-order chi connectivity index (χ0) is 24.7. The van der Waals surface area contributed by atoms with Crippen molar-refractivity contribution in [2.75, 3.05) is 19.6 Å². The molecule has 182 valence electrons. The summed E-state index contributed by atoms with van der Waals surface area (Å²) in [5, 5.41) is 12.9. The van der Waals surface area contributed by atoms with Crippen molar-refractivity contribution in [3.05, 3.63) is 70.5 Å². The molecule has 2 aliphatic rings. The van der Waals surface area contributed by atoms with Crippen LogP contribution in [0.5, 0.6) is 0 Å². The topological polar surface area (TPSA) is 69.6 Å². The third kappa shape index (κ3) is 4.15. The van der Waals surface area contributed by atoms with Crippen LogP contribution < -0.4 is 5.32 Å². The fraction of sp³-hybridized carbons (Fsp3) is 0.417. The molecule has 0 saturated carbocycles. The van der Waals surface area contributed by atoms with Gasteiger partial charge in [-0.15, -0.1) is 0 Å². The van der Waals surface area contributed by atoms with E-state index in [1.54, 1.807) is 0 Å². The summed E-state index contributed by atoms with van der Waals surface area (Å²) in [6.07, 6.45) is -4.57. The zero-order valence-electron chi connectivity index (χ0n) is 18.0. The lowest BCUT2D eigenvalue weighted by Crippen LogP contribution is -2.59. The van der Waals surface area contributed by atoms with E-state index in [0.29, 0.717) is 37.6 Å². The first kappa shape index (κ1) is 24.5. The number of hydrogen-bond acceptors (Lipinski definition) is 3. The maximum Gasteiger partial charge on any atom is 0.430 e. The maximum absolute atomic E-state index is 14.0. The lowest BCUT2D eigenvalue weighted by atomic mass is 9.62. The molecule has 2 fully saturated rings. The second kappa shape index (κ2) is 8.85. The highest BCUT2D eigenvalue weighted by Crippen LogP contribution is 2.50. The number of hydrogen-bond donors (Lipinski definition) is 2. The molecule has 0 aliphatic carbocycles. The van der Waals surface area contributed by atoms with Crippen molar-refractivity contribution in [1.82, 2.24) is 10.2 Å². The normalized spacial score (nSPS) is 22.2. The minimum Gasteiger partial charge on any atom is -0.368 e. The number of halogens is 5. The van der Waals surface area contributed by atoms with Crippen molar-refractivity contribution in [1.29, 1.82) is 0 Å². The minimum absolute atomic E-state index is 0.0546. The van der Waals surface area contributed by atoms with Gasteiger partial charge < -0.3 is 15.3 Å². The quantitative estimate of drug-likeness (QED) is 0.625. The fourth-order valence-corrected chi connectivity index (χ4v) is 5.31. The number of carbonyl (C=O) groups is 2. The molecule has 10 heteroatoms. The number of aliphatic hydroxyl groups is 1. The van der Waals surface area contributed by atoms with Gasteiger partial charge in [-0.3, -0.25) is 9.59 Å². The predicted molar refractivity (Wildman–Crippen MR) is 116 cm³/mol. The standard InChI is InChI=1S/C24H23ClF4N2O3/c25-18-12-16(6-7-19(18)26)23(34,24(27,28)29)21(33)31-10-8-22(9-11-31)13-20(32)30-14-17(22)15-4-2-1-3-5-15/h1-7,12,17,34H,8-11,13-14H2,(H,30,32)/t17-,23-/m0/s1. The molecular weight excluding hydrogens is 476 g/mol. The van der Waals surface area contributed by atoms with Crippen LogP contribution in [-0.2, 0) is 15.2 Å². The second-order valence-corrected chi connectivity index (χ2v) is 9.34. The molecule has 4 rings (SSSR count). The summed E-state index contributed by atoms with van der Waals surface area (Å²) in [5.74, 6) is -2.71. The number of carbonyl (C=O) groups excluding carboxylic acids is 2. The third-order valence-electron chi connectivity index (χ3n) is 7.06. The van der Waals surface area contributed by atoms with Crippen LogP contribution in [0.15, 0.2) is 48.5 Å². The van der Waals surface area contributed by atoms with Gasteiger partial charge in [-0.2, -0.15) is 13.2 Å². The van der Waals surface area contributed by atoms with Crippen molar-refractivity contribution in [3.8, 4) is 0 Å². The van der Waals surface area contributed by atoms with E-state index < -0.39 is 39.5 Å². The summed E-state index contributed by atoms with van der Waals surface area (Å²) in [7, 11) is 0. The summed E-state index contributed by atoms with van der Waals surface area (Å²) in [6, 6.07) is 11.5. The van der Waals surface area contributed by atoms with E-state index in [1.807, 2.05) is 30.3 Å². The molecule has 2 amide bonds. The number of piperidine rings is 2. The minimum atomic E-state index is -5.36. The average molecular weight is 499 g/mol. The molecule has 2 heterocycles. The first-order chi connectivity index (χ1) is 16.0. The molecule has 2 aromatic carbocycles. The Balaban J connectivity index is 1.61. The molecular formula is C24H23ClF4N2O3. The Bertz CT molecular complexity index is 1090. The van der Waals surface area contributed by atoms with Gasteiger partial charge in [-0.1, -0.05) is 48.0 Å². The van der Waals surface area contributed by atoms with Gasteiger partial charge >= 0.3 is 6.18 Å². The number of amides is 2. The number of nitrogens with zero attached hydrogens (tertiary/aromatic N) is 1. The third-order valence-corrected chi connectivity index (χ3v) is 7.35. The van der Waals surface area contributed by atoms with Crippen LogP contribution in [0.25, 0.3) is 0 Å². The van der Waals surface area contributed by atoms with E-state index in [0.717, 1.165) is 10.5 Å². The Hall–Kier alpha value is -2.65. The van der Waals surface area contributed by atoms with Crippen LogP contribution in [0.4, 0.5) is 17.6 Å². The van der Waals surface area contributed by atoms with Crippen LogP contribution in [0.3, 0.4) is 0 Å². The van der Waals surface area contributed by atoms with Gasteiger partial charge in [0.05, 0.1) is 5.02 Å². The SMILES string of the molecule is O=C1CC2(CCN(C(=O)[C@@](O)(c3ccc(F)c(Cl)c3)C(F)(F)F)CC2)[C@H](c2ccccc2)CN1. The van der Waals surface area contributed by atoms with Crippen LogP contribution >= 0.6 is 11.6 Å². The smallest absolute Gasteiger partial charge is 0.368 e. The number of nitrogens with one attached hydrogen (secondary N) is 1. The second-order valence-electron chi connectivity index (χ2n) is 8.94. The number of benzene rings is 2. The highest BCUT2D eigenvalue weighted by atomic mass is 35.5. The van der Waals surface area contributed by atoms with Gasteiger partial charge in [0.1, 0.15) is 5.82 Å². The summed E-state index contributed by atoms with van der Waals surface area (Å²) in [4.78, 5) is 26.3. The fourth-order valence-electron chi connectivity index (χ4n) is 5.13. The molecule has 0 radical (unpaired) electrons. The number of alkyl halides is 3. The Kier molecular flexibility index (Phi) is 6.37. The molecule has 0 bridgehead atoms. The van der Waals surface area contributed by atoms with E-state index >= 15 is 0 Å². The van der Waals surface area contributed by atoms with Crippen molar-refractivity contribution < 1.29 is 32.3 Å².